The lowest BCUT2D eigenvalue weighted by atomic mass is 9.88. The van der Waals surface area contributed by atoms with Crippen LogP contribution in [-0.2, 0) is 10.2 Å². The number of benzene rings is 1. The maximum Gasteiger partial charge on any atom is 0.202 e. The molecule has 1 atom stereocenters. The lowest BCUT2D eigenvalue weighted by molar-refractivity contribution is 0.0389. The monoisotopic (exact) mass is 374 g/mol. The van der Waals surface area contributed by atoms with Crippen LogP contribution in [0.2, 0.25) is 0 Å². The van der Waals surface area contributed by atoms with Crippen molar-refractivity contribution < 1.29 is 4.74 Å². The minimum atomic E-state index is -0.0210. The van der Waals surface area contributed by atoms with Gasteiger partial charge >= 0.3 is 0 Å². The van der Waals surface area contributed by atoms with Gasteiger partial charge in [-0.15, -0.1) is 0 Å². The smallest absolute Gasteiger partial charge is 0.202 e. The molecule has 1 aliphatic heterocycles. The predicted molar refractivity (Wildman–Crippen MR) is 108 cm³/mol. The molecule has 1 aliphatic rings. The number of nitrogens with one attached hydrogen (secondary N) is 2. The second-order valence-corrected chi connectivity index (χ2v) is 8.95. The van der Waals surface area contributed by atoms with Gasteiger partial charge in [0.05, 0.1) is 0 Å². The highest BCUT2D eigenvalue weighted by Gasteiger charge is 2.34. The van der Waals surface area contributed by atoms with Crippen LogP contribution in [0.4, 0.5) is 5.13 Å². The molecule has 2 aromatic rings. The van der Waals surface area contributed by atoms with E-state index in [0.29, 0.717) is 0 Å². The zero-order valence-electron chi connectivity index (χ0n) is 16.2. The summed E-state index contributed by atoms with van der Waals surface area (Å²) in [4.78, 5) is 4.67. The maximum atomic E-state index is 5.62. The quantitative estimate of drug-likeness (QED) is 0.795. The van der Waals surface area contributed by atoms with Crippen LogP contribution < -0.4 is 10.6 Å². The molecule has 0 aliphatic carbocycles. The third-order valence-corrected chi connectivity index (χ3v) is 5.62. The average molecular weight is 375 g/mol. The summed E-state index contributed by atoms with van der Waals surface area (Å²) in [5, 5.41) is 8.30. The van der Waals surface area contributed by atoms with E-state index in [-0.39, 0.29) is 17.0 Å². The SMILES string of the molecule is CC(NC1(CNc2nc(C(C)(C)C)ns2)CCOCC1)c1ccccc1. The second kappa shape index (κ2) is 8.03. The fraction of sp³-hybridized carbons (Fsp3) is 0.600. The van der Waals surface area contributed by atoms with Crippen molar-refractivity contribution in [3.05, 3.63) is 41.7 Å². The topological polar surface area (TPSA) is 59.1 Å². The number of hydrogen-bond acceptors (Lipinski definition) is 6. The van der Waals surface area contributed by atoms with Crippen molar-refractivity contribution in [2.24, 2.45) is 0 Å². The van der Waals surface area contributed by atoms with Crippen LogP contribution in [-0.4, -0.2) is 34.7 Å². The Morgan fingerprint density at radius 2 is 1.88 bits per heavy atom. The van der Waals surface area contributed by atoms with Crippen molar-refractivity contribution in [1.82, 2.24) is 14.7 Å². The fourth-order valence-corrected chi connectivity index (χ4v) is 4.01. The zero-order valence-corrected chi connectivity index (χ0v) is 17.0. The van der Waals surface area contributed by atoms with Gasteiger partial charge in [0.2, 0.25) is 5.13 Å². The van der Waals surface area contributed by atoms with Gasteiger partial charge in [0.25, 0.3) is 0 Å². The molecule has 1 unspecified atom stereocenters. The molecule has 26 heavy (non-hydrogen) atoms. The van der Waals surface area contributed by atoms with E-state index in [1.165, 1.54) is 17.1 Å². The molecule has 0 saturated carbocycles. The summed E-state index contributed by atoms with van der Waals surface area (Å²) in [6.45, 7) is 11.1. The number of ether oxygens (including phenoxy) is 1. The second-order valence-electron chi connectivity index (χ2n) is 8.20. The predicted octanol–water partition coefficient (Wildman–Crippen LogP) is 4.15. The Hall–Kier alpha value is -1.50. The third-order valence-electron chi connectivity index (χ3n) is 4.95. The van der Waals surface area contributed by atoms with Gasteiger partial charge in [0, 0.05) is 48.3 Å². The van der Waals surface area contributed by atoms with Crippen molar-refractivity contribution in [3.63, 3.8) is 0 Å². The van der Waals surface area contributed by atoms with Gasteiger partial charge in [-0.05, 0) is 25.3 Å². The Morgan fingerprint density at radius 1 is 1.19 bits per heavy atom. The average Bonchev–Trinajstić information content (AvgIpc) is 3.11. The fourth-order valence-electron chi connectivity index (χ4n) is 3.26. The molecule has 2 N–H and O–H groups in total. The number of hydrogen-bond donors (Lipinski definition) is 2. The number of rotatable bonds is 6. The highest BCUT2D eigenvalue weighted by Crippen LogP contribution is 2.28. The summed E-state index contributed by atoms with van der Waals surface area (Å²) in [6, 6.07) is 10.9. The molecule has 1 aromatic heterocycles. The Balaban J connectivity index is 1.68. The van der Waals surface area contributed by atoms with Gasteiger partial charge < -0.3 is 15.4 Å². The molecule has 6 heteroatoms. The van der Waals surface area contributed by atoms with Gasteiger partial charge in [-0.1, -0.05) is 51.1 Å². The van der Waals surface area contributed by atoms with Crippen molar-refractivity contribution in [2.45, 2.75) is 57.5 Å². The lowest BCUT2D eigenvalue weighted by Crippen LogP contribution is -2.54. The molecule has 0 bridgehead atoms. The maximum absolute atomic E-state index is 5.62. The van der Waals surface area contributed by atoms with E-state index >= 15 is 0 Å². The van der Waals surface area contributed by atoms with Crippen LogP contribution in [0.1, 0.15) is 58.0 Å². The van der Waals surface area contributed by atoms with Crippen LogP contribution in [0.5, 0.6) is 0 Å². The van der Waals surface area contributed by atoms with E-state index in [2.05, 4.69) is 78.0 Å². The van der Waals surface area contributed by atoms with Crippen LogP contribution in [0, 0.1) is 0 Å². The first kappa shape index (κ1) is 19.3. The summed E-state index contributed by atoms with van der Waals surface area (Å²) < 4.78 is 10.1. The molecule has 0 spiro atoms. The van der Waals surface area contributed by atoms with E-state index in [9.17, 15) is 0 Å². The zero-order chi connectivity index (χ0) is 18.6. The summed E-state index contributed by atoms with van der Waals surface area (Å²) >= 11 is 1.45. The van der Waals surface area contributed by atoms with Crippen LogP contribution in [0.15, 0.2) is 30.3 Å². The minimum absolute atomic E-state index is 0.00107. The third kappa shape index (κ3) is 4.81. The van der Waals surface area contributed by atoms with E-state index in [1.54, 1.807) is 0 Å². The molecule has 1 fully saturated rings. The molecule has 5 nitrogen and oxygen atoms in total. The van der Waals surface area contributed by atoms with Crippen molar-refractivity contribution in [1.29, 1.82) is 0 Å². The number of nitrogens with zero attached hydrogens (tertiary/aromatic N) is 2. The molecule has 142 valence electrons. The van der Waals surface area contributed by atoms with Crippen molar-refractivity contribution >= 4 is 16.7 Å². The molecular formula is C20H30N4OS. The van der Waals surface area contributed by atoms with Crippen molar-refractivity contribution in [2.75, 3.05) is 25.1 Å². The molecule has 1 saturated heterocycles. The van der Waals surface area contributed by atoms with Gasteiger partial charge in [0.1, 0.15) is 5.82 Å². The molecule has 3 rings (SSSR count). The van der Waals surface area contributed by atoms with Crippen LogP contribution in [0.3, 0.4) is 0 Å². The molecule has 2 heterocycles. The van der Waals surface area contributed by atoms with Gasteiger partial charge in [-0.2, -0.15) is 4.37 Å². The van der Waals surface area contributed by atoms with E-state index in [0.717, 1.165) is 43.6 Å². The van der Waals surface area contributed by atoms with Crippen LogP contribution >= 0.6 is 11.5 Å². The highest BCUT2D eigenvalue weighted by molar-refractivity contribution is 7.09. The first-order valence-electron chi connectivity index (χ1n) is 9.36. The summed E-state index contributed by atoms with van der Waals surface area (Å²) in [7, 11) is 0. The Labute approximate surface area is 160 Å². The Morgan fingerprint density at radius 3 is 2.50 bits per heavy atom. The van der Waals surface area contributed by atoms with E-state index in [4.69, 9.17) is 4.74 Å². The number of anilines is 1. The number of aromatic nitrogens is 2. The molecular weight excluding hydrogens is 344 g/mol. The normalized spacial score (nSPS) is 18.5. The molecule has 0 amide bonds. The first-order chi connectivity index (χ1) is 12.4. The summed E-state index contributed by atoms with van der Waals surface area (Å²) in [5.74, 6) is 0.900. The summed E-state index contributed by atoms with van der Waals surface area (Å²) in [6.07, 6.45) is 1.98. The van der Waals surface area contributed by atoms with E-state index in [1.807, 2.05) is 0 Å². The molecule has 1 aromatic carbocycles. The van der Waals surface area contributed by atoms with Gasteiger partial charge in [-0.3, -0.25) is 0 Å². The molecule has 0 radical (unpaired) electrons. The van der Waals surface area contributed by atoms with Gasteiger partial charge in [-0.25, -0.2) is 4.98 Å². The summed E-state index contributed by atoms with van der Waals surface area (Å²) in [5.41, 5.74) is 1.29. The van der Waals surface area contributed by atoms with Gasteiger partial charge in [0.15, 0.2) is 0 Å². The van der Waals surface area contributed by atoms with E-state index < -0.39 is 0 Å². The standard InChI is InChI=1S/C20H30N4OS/c1-15(16-8-6-5-7-9-16)23-20(10-12-25-13-11-20)14-21-18-22-17(24-26-18)19(2,3)4/h5-9,15,23H,10-14H2,1-4H3,(H,21,22,24). The van der Waals surface area contributed by atoms with Crippen molar-refractivity contribution in [3.8, 4) is 0 Å². The Kier molecular flexibility index (Phi) is 5.95. The highest BCUT2D eigenvalue weighted by atomic mass is 32.1. The first-order valence-corrected chi connectivity index (χ1v) is 10.1. The Bertz CT molecular complexity index is 689. The largest absolute Gasteiger partial charge is 0.381 e. The minimum Gasteiger partial charge on any atom is -0.381 e. The van der Waals surface area contributed by atoms with Crippen LogP contribution in [0.25, 0.3) is 0 Å². The lowest BCUT2D eigenvalue weighted by Gasteiger charge is -2.40.